The van der Waals surface area contributed by atoms with Crippen LogP contribution in [0.25, 0.3) is 0 Å². The number of aromatic hydroxyl groups is 1. The maximum absolute atomic E-state index is 9.26. The summed E-state index contributed by atoms with van der Waals surface area (Å²) in [4.78, 5) is 0. The SMILES string of the molecule is CCc1cccc(Cl)c1COc1ccc2c(c1)CCC(NCc1cc(O)no1)C2. The predicted molar refractivity (Wildman–Crippen MR) is 112 cm³/mol. The molecule has 3 aromatic rings. The number of fused-ring (bicyclic) bond motifs is 1. The topological polar surface area (TPSA) is 67.5 Å². The van der Waals surface area contributed by atoms with Gasteiger partial charge < -0.3 is 19.7 Å². The van der Waals surface area contributed by atoms with Crippen LogP contribution < -0.4 is 10.1 Å². The molecule has 1 heterocycles. The molecule has 0 bridgehead atoms. The van der Waals surface area contributed by atoms with Gasteiger partial charge in [-0.2, -0.15) is 0 Å². The monoisotopic (exact) mass is 412 g/mol. The molecule has 152 valence electrons. The van der Waals surface area contributed by atoms with Crippen LogP contribution in [0, 0.1) is 0 Å². The summed E-state index contributed by atoms with van der Waals surface area (Å²) in [6, 6.07) is 14.3. The Labute approximate surface area is 175 Å². The molecule has 5 nitrogen and oxygen atoms in total. The highest BCUT2D eigenvalue weighted by atomic mass is 35.5. The summed E-state index contributed by atoms with van der Waals surface area (Å²) in [5.41, 5.74) is 4.97. The first kappa shape index (κ1) is 19.8. The van der Waals surface area contributed by atoms with Crippen molar-refractivity contribution in [2.24, 2.45) is 0 Å². The van der Waals surface area contributed by atoms with Crippen molar-refractivity contribution in [1.29, 1.82) is 0 Å². The Kier molecular flexibility index (Phi) is 6.07. The van der Waals surface area contributed by atoms with Crippen molar-refractivity contribution in [3.8, 4) is 11.6 Å². The van der Waals surface area contributed by atoms with E-state index in [0.717, 1.165) is 42.0 Å². The number of hydrogen-bond acceptors (Lipinski definition) is 5. The highest BCUT2D eigenvalue weighted by Gasteiger charge is 2.19. The minimum Gasteiger partial charge on any atom is -0.491 e. The van der Waals surface area contributed by atoms with Gasteiger partial charge in [0.15, 0.2) is 5.76 Å². The van der Waals surface area contributed by atoms with Gasteiger partial charge in [0, 0.05) is 22.7 Å². The third-order valence-electron chi connectivity index (χ3n) is 5.50. The lowest BCUT2D eigenvalue weighted by Gasteiger charge is -2.25. The molecule has 0 saturated heterocycles. The molecular formula is C23H25ClN2O3. The first-order chi connectivity index (χ1) is 14.1. The van der Waals surface area contributed by atoms with Crippen molar-refractivity contribution < 1.29 is 14.4 Å². The van der Waals surface area contributed by atoms with Crippen molar-refractivity contribution in [1.82, 2.24) is 10.5 Å². The maximum atomic E-state index is 9.26. The van der Waals surface area contributed by atoms with Crippen LogP contribution >= 0.6 is 11.6 Å². The summed E-state index contributed by atoms with van der Waals surface area (Å²) < 4.78 is 11.1. The van der Waals surface area contributed by atoms with E-state index in [0.29, 0.717) is 25.0 Å². The highest BCUT2D eigenvalue weighted by molar-refractivity contribution is 6.31. The molecule has 2 aromatic carbocycles. The Balaban J connectivity index is 1.36. The van der Waals surface area contributed by atoms with Gasteiger partial charge in [-0.3, -0.25) is 0 Å². The van der Waals surface area contributed by atoms with E-state index in [2.05, 4.69) is 35.6 Å². The molecule has 6 heteroatoms. The summed E-state index contributed by atoms with van der Waals surface area (Å²) >= 11 is 6.37. The number of hydrogen-bond donors (Lipinski definition) is 2. The Morgan fingerprint density at radius 1 is 1.24 bits per heavy atom. The van der Waals surface area contributed by atoms with E-state index in [1.165, 1.54) is 22.8 Å². The first-order valence-electron chi connectivity index (χ1n) is 10.0. The molecule has 1 aromatic heterocycles. The quantitative estimate of drug-likeness (QED) is 0.582. The molecule has 0 fully saturated rings. The van der Waals surface area contributed by atoms with E-state index in [9.17, 15) is 5.11 Å². The molecule has 1 unspecified atom stereocenters. The van der Waals surface area contributed by atoms with Gasteiger partial charge in [0.05, 0.1) is 6.54 Å². The van der Waals surface area contributed by atoms with Gasteiger partial charge in [-0.1, -0.05) is 36.7 Å². The molecule has 0 aliphatic heterocycles. The largest absolute Gasteiger partial charge is 0.491 e. The van der Waals surface area contributed by atoms with Gasteiger partial charge >= 0.3 is 0 Å². The molecule has 4 rings (SSSR count). The maximum Gasteiger partial charge on any atom is 0.251 e. The van der Waals surface area contributed by atoms with E-state index < -0.39 is 0 Å². The van der Waals surface area contributed by atoms with Crippen molar-refractivity contribution >= 4 is 11.6 Å². The number of benzene rings is 2. The van der Waals surface area contributed by atoms with E-state index >= 15 is 0 Å². The highest BCUT2D eigenvalue weighted by Crippen LogP contribution is 2.28. The lowest BCUT2D eigenvalue weighted by molar-refractivity contribution is 0.304. The fraction of sp³-hybridized carbons (Fsp3) is 0.348. The first-order valence-corrected chi connectivity index (χ1v) is 10.4. The molecule has 0 radical (unpaired) electrons. The van der Waals surface area contributed by atoms with E-state index in [1.807, 2.05) is 18.2 Å². The summed E-state index contributed by atoms with van der Waals surface area (Å²) in [6.45, 7) is 3.17. The average Bonchev–Trinajstić information content (AvgIpc) is 3.16. The van der Waals surface area contributed by atoms with Gasteiger partial charge in [-0.25, -0.2) is 0 Å². The fourth-order valence-electron chi connectivity index (χ4n) is 3.88. The summed E-state index contributed by atoms with van der Waals surface area (Å²) in [5, 5.41) is 17.0. The predicted octanol–water partition coefficient (Wildman–Crippen LogP) is 4.82. The lowest BCUT2D eigenvalue weighted by Crippen LogP contribution is -2.34. The minimum absolute atomic E-state index is 0.0776. The van der Waals surface area contributed by atoms with Gasteiger partial charge in [0.2, 0.25) is 0 Å². The molecule has 1 atom stereocenters. The second-order valence-corrected chi connectivity index (χ2v) is 7.83. The summed E-state index contributed by atoms with van der Waals surface area (Å²) in [7, 11) is 0. The molecule has 0 amide bonds. The van der Waals surface area contributed by atoms with Gasteiger partial charge in [0.25, 0.3) is 5.88 Å². The minimum atomic E-state index is -0.0776. The molecule has 1 aliphatic carbocycles. The Bertz CT molecular complexity index is 986. The number of aromatic nitrogens is 1. The van der Waals surface area contributed by atoms with Crippen LogP contribution in [0.1, 0.15) is 41.4 Å². The van der Waals surface area contributed by atoms with Crippen molar-refractivity contribution in [2.75, 3.05) is 0 Å². The Hall–Kier alpha value is -2.50. The lowest BCUT2D eigenvalue weighted by atomic mass is 9.88. The zero-order valence-corrected chi connectivity index (χ0v) is 17.2. The second kappa shape index (κ2) is 8.89. The van der Waals surface area contributed by atoms with Crippen molar-refractivity contribution in [3.05, 3.63) is 75.5 Å². The smallest absolute Gasteiger partial charge is 0.251 e. The third-order valence-corrected chi connectivity index (χ3v) is 5.85. The number of nitrogens with one attached hydrogen (secondary N) is 1. The van der Waals surface area contributed by atoms with Gasteiger partial charge in [0.1, 0.15) is 12.4 Å². The van der Waals surface area contributed by atoms with Crippen LogP contribution in [-0.2, 0) is 32.4 Å². The second-order valence-electron chi connectivity index (χ2n) is 7.42. The van der Waals surface area contributed by atoms with Crippen LogP contribution in [0.3, 0.4) is 0 Å². The van der Waals surface area contributed by atoms with Crippen molar-refractivity contribution in [3.63, 3.8) is 0 Å². The zero-order chi connectivity index (χ0) is 20.2. The fourth-order valence-corrected chi connectivity index (χ4v) is 4.13. The molecular weight excluding hydrogens is 388 g/mol. The van der Waals surface area contributed by atoms with Crippen LogP contribution in [0.4, 0.5) is 0 Å². The molecule has 0 spiro atoms. The van der Waals surface area contributed by atoms with Crippen LogP contribution in [0.15, 0.2) is 47.0 Å². The van der Waals surface area contributed by atoms with Gasteiger partial charge in [-0.15, -0.1) is 0 Å². The number of halogens is 1. The summed E-state index contributed by atoms with van der Waals surface area (Å²) in [6.07, 6.45) is 3.94. The molecule has 2 N–H and O–H groups in total. The third kappa shape index (κ3) is 4.74. The zero-order valence-electron chi connectivity index (χ0n) is 16.5. The van der Waals surface area contributed by atoms with Crippen molar-refractivity contribution in [2.45, 2.75) is 51.8 Å². The van der Waals surface area contributed by atoms with Gasteiger partial charge in [-0.05, 0) is 65.7 Å². The number of ether oxygens (including phenoxy) is 1. The summed E-state index contributed by atoms with van der Waals surface area (Å²) in [5.74, 6) is 1.45. The molecule has 29 heavy (non-hydrogen) atoms. The standard InChI is InChI=1S/C23H25ClN2O3/c1-2-15-4-3-5-22(24)21(15)14-28-19-9-7-16-10-18(8-6-17(16)11-19)25-13-20-12-23(27)26-29-20/h3-5,7,9,11-12,18,25H,2,6,8,10,13-14H2,1H3,(H,26,27). The number of aryl methyl sites for hydroxylation is 2. The van der Waals surface area contributed by atoms with E-state index in [-0.39, 0.29) is 5.88 Å². The molecule has 1 aliphatic rings. The normalized spacial score (nSPS) is 15.9. The van der Waals surface area contributed by atoms with Crippen LogP contribution in [0.2, 0.25) is 5.02 Å². The Morgan fingerprint density at radius 3 is 2.93 bits per heavy atom. The van der Waals surface area contributed by atoms with Crippen LogP contribution in [0.5, 0.6) is 11.6 Å². The van der Waals surface area contributed by atoms with E-state index in [1.54, 1.807) is 0 Å². The van der Waals surface area contributed by atoms with E-state index in [4.69, 9.17) is 20.9 Å². The average molecular weight is 413 g/mol. The Morgan fingerprint density at radius 2 is 2.14 bits per heavy atom. The molecule has 0 saturated carbocycles. The van der Waals surface area contributed by atoms with Crippen LogP contribution in [-0.4, -0.2) is 16.3 Å². The number of nitrogens with zero attached hydrogens (tertiary/aromatic N) is 1. The number of rotatable bonds is 7.